The number of benzene rings is 1. The fraction of sp³-hybridized carbons (Fsp3) is 0.450. The molecular formula is C20H20F3NOS. The molecule has 0 saturated heterocycles. The smallest absolute Gasteiger partial charge is 0.347 e. The number of carbonyl (C=O) groups excluding carboxylic acids is 1. The molecule has 138 valence electrons. The van der Waals surface area contributed by atoms with Gasteiger partial charge in [0, 0.05) is 11.4 Å². The Labute approximate surface area is 154 Å². The van der Waals surface area contributed by atoms with Crippen molar-refractivity contribution in [3.05, 3.63) is 56.3 Å². The maximum Gasteiger partial charge on any atom is 0.416 e. The van der Waals surface area contributed by atoms with Gasteiger partial charge in [-0.05, 0) is 53.4 Å². The highest BCUT2D eigenvalue weighted by atomic mass is 32.1. The number of hydrogen-bond acceptors (Lipinski definition) is 2. The Morgan fingerprint density at radius 3 is 2.69 bits per heavy atom. The van der Waals surface area contributed by atoms with Gasteiger partial charge in [-0.25, -0.2) is 0 Å². The van der Waals surface area contributed by atoms with Crippen molar-refractivity contribution < 1.29 is 18.0 Å². The summed E-state index contributed by atoms with van der Waals surface area (Å²) in [5.74, 6) is 0.855. The molecule has 1 aromatic carbocycles. The third-order valence-corrected chi connectivity index (χ3v) is 7.15. The van der Waals surface area contributed by atoms with E-state index in [0.717, 1.165) is 18.1 Å². The maximum atomic E-state index is 13.1. The van der Waals surface area contributed by atoms with E-state index < -0.39 is 11.7 Å². The van der Waals surface area contributed by atoms with Gasteiger partial charge in [-0.2, -0.15) is 13.2 Å². The number of nitrogens with one attached hydrogen (secondary N) is 1. The highest BCUT2D eigenvalue weighted by Gasteiger charge is 2.63. The second kappa shape index (κ2) is 5.59. The summed E-state index contributed by atoms with van der Waals surface area (Å²) < 4.78 is 39.3. The van der Waals surface area contributed by atoms with E-state index in [1.165, 1.54) is 33.9 Å². The third kappa shape index (κ3) is 2.57. The molecule has 1 saturated carbocycles. The van der Waals surface area contributed by atoms with Crippen molar-refractivity contribution in [2.45, 2.75) is 45.8 Å². The molecule has 0 spiro atoms. The fourth-order valence-electron chi connectivity index (χ4n) is 4.52. The van der Waals surface area contributed by atoms with Gasteiger partial charge in [0.15, 0.2) is 0 Å². The van der Waals surface area contributed by atoms with Gasteiger partial charge < -0.3 is 5.32 Å². The number of fused-ring (bicyclic) bond motifs is 3. The number of thiophene rings is 1. The number of aryl methyl sites for hydroxylation is 1. The van der Waals surface area contributed by atoms with E-state index in [-0.39, 0.29) is 18.0 Å². The molecule has 2 aliphatic carbocycles. The second-order valence-electron chi connectivity index (χ2n) is 7.83. The second-order valence-corrected chi connectivity index (χ2v) is 9.05. The lowest BCUT2D eigenvalue weighted by atomic mass is 9.95. The Morgan fingerprint density at radius 1 is 1.31 bits per heavy atom. The van der Waals surface area contributed by atoms with Gasteiger partial charge in [-0.15, -0.1) is 11.3 Å². The summed E-state index contributed by atoms with van der Waals surface area (Å²) in [5.41, 5.74) is 2.12. The summed E-state index contributed by atoms with van der Waals surface area (Å²) in [6.45, 7) is 6.43. The molecule has 26 heavy (non-hydrogen) atoms. The number of alkyl halides is 3. The Bertz CT molecular complexity index is 897. The van der Waals surface area contributed by atoms with Crippen molar-refractivity contribution in [2.24, 2.45) is 11.3 Å². The standard InChI is InChI=1S/C20H20F3NOS/c1-10-15-12(8-14-16(15)19(14,2)3)17(26-10)18(25)24-9-11-6-4-5-7-13(11)20(21,22)23/h4-7,14,16H,8-9H2,1-3H3,(H,24,25)/t14-,16-/m0/s1. The first-order valence-electron chi connectivity index (χ1n) is 8.67. The monoisotopic (exact) mass is 379 g/mol. The summed E-state index contributed by atoms with van der Waals surface area (Å²) >= 11 is 1.47. The van der Waals surface area contributed by atoms with Crippen LogP contribution in [0.15, 0.2) is 24.3 Å². The molecule has 1 amide bonds. The first kappa shape index (κ1) is 17.6. The third-order valence-electron chi connectivity index (χ3n) is 5.99. The quantitative estimate of drug-likeness (QED) is 0.770. The normalized spacial score (nSPS) is 22.7. The van der Waals surface area contributed by atoms with Gasteiger partial charge in [0.05, 0.1) is 10.4 Å². The molecule has 1 aromatic heterocycles. The zero-order valence-electron chi connectivity index (χ0n) is 14.8. The Morgan fingerprint density at radius 2 is 2.00 bits per heavy atom. The molecule has 0 aliphatic heterocycles. The van der Waals surface area contributed by atoms with E-state index in [1.54, 1.807) is 6.07 Å². The van der Waals surface area contributed by atoms with Crippen LogP contribution >= 0.6 is 11.3 Å². The van der Waals surface area contributed by atoms with Crippen LogP contribution in [0.2, 0.25) is 0 Å². The van der Waals surface area contributed by atoms with Crippen molar-refractivity contribution in [1.82, 2.24) is 5.32 Å². The first-order chi connectivity index (χ1) is 12.1. The van der Waals surface area contributed by atoms with Crippen LogP contribution in [0.3, 0.4) is 0 Å². The summed E-state index contributed by atoms with van der Waals surface area (Å²) in [7, 11) is 0. The van der Waals surface area contributed by atoms with Crippen molar-refractivity contribution in [2.75, 3.05) is 0 Å². The average Bonchev–Trinajstić information content (AvgIpc) is 2.92. The highest BCUT2D eigenvalue weighted by Crippen LogP contribution is 2.71. The minimum absolute atomic E-state index is 0.0854. The number of carbonyl (C=O) groups is 1. The lowest BCUT2D eigenvalue weighted by molar-refractivity contribution is -0.138. The van der Waals surface area contributed by atoms with Gasteiger partial charge in [0.2, 0.25) is 0 Å². The SMILES string of the molecule is Cc1sc(C(=O)NCc2ccccc2C(F)(F)F)c2c1[C@@H]1[C@H](C2)C1(C)C. The van der Waals surface area contributed by atoms with Crippen molar-refractivity contribution in [3.63, 3.8) is 0 Å². The van der Waals surface area contributed by atoms with Crippen LogP contribution in [0.5, 0.6) is 0 Å². The zero-order chi connectivity index (χ0) is 18.9. The largest absolute Gasteiger partial charge is 0.416 e. The van der Waals surface area contributed by atoms with Crippen LogP contribution < -0.4 is 5.32 Å². The summed E-state index contributed by atoms with van der Waals surface area (Å²) in [6.07, 6.45) is -3.52. The van der Waals surface area contributed by atoms with Crippen LogP contribution in [0.4, 0.5) is 13.2 Å². The van der Waals surface area contributed by atoms with Crippen molar-refractivity contribution in [3.8, 4) is 0 Å². The van der Waals surface area contributed by atoms with E-state index >= 15 is 0 Å². The summed E-state index contributed by atoms with van der Waals surface area (Å²) in [4.78, 5) is 14.5. The van der Waals surface area contributed by atoms with E-state index in [9.17, 15) is 18.0 Å². The van der Waals surface area contributed by atoms with Crippen molar-refractivity contribution >= 4 is 17.2 Å². The first-order valence-corrected chi connectivity index (χ1v) is 9.49. The van der Waals surface area contributed by atoms with E-state index in [2.05, 4.69) is 19.2 Å². The Balaban J connectivity index is 1.54. The minimum atomic E-state index is -4.42. The topological polar surface area (TPSA) is 29.1 Å². The predicted octanol–water partition coefficient (Wildman–Crippen LogP) is 5.30. The molecule has 2 atom stereocenters. The van der Waals surface area contributed by atoms with Gasteiger partial charge in [-0.1, -0.05) is 32.0 Å². The summed E-state index contributed by atoms with van der Waals surface area (Å²) in [6, 6.07) is 5.37. The molecule has 0 radical (unpaired) electrons. The molecule has 2 nitrogen and oxygen atoms in total. The molecule has 1 N–H and O–H groups in total. The van der Waals surface area contributed by atoms with E-state index in [4.69, 9.17) is 0 Å². The Hall–Kier alpha value is -1.82. The van der Waals surface area contributed by atoms with Gasteiger partial charge in [0.1, 0.15) is 0 Å². The molecule has 1 fully saturated rings. The van der Waals surface area contributed by atoms with Crippen LogP contribution in [0, 0.1) is 18.3 Å². The van der Waals surface area contributed by atoms with E-state index in [0.29, 0.717) is 22.1 Å². The van der Waals surface area contributed by atoms with Gasteiger partial charge in [-0.3, -0.25) is 4.79 Å². The lowest BCUT2D eigenvalue weighted by Gasteiger charge is -2.13. The van der Waals surface area contributed by atoms with Crippen LogP contribution in [-0.2, 0) is 19.1 Å². The number of hydrogen-bond donors (Lipinski definition) is 1. The molecule has 6 heteroatoms. The molecule has 2 aromatic rings. The predicted molar refractivity (Wildman–Crippen MR) is 95.4 cm³/mol. The van der Waals surface area contributed by atoms with Crippen molar-refractivity contribution in [1.29, 1.82) is 0 Å². The molecule has 0 bridgehead atoms. The molecular weight excluding hydrogens is 359 g/mol. The maximum absolute atomic E-state index is 13.1. The molecule has 2 aliphatic rings. The zero-order valence-corrected chi connectivity index (χ0v) is 15.6. The number of halogens is 3. The molecule has 0 unspecified atom stereocenters. The average molecular weight is 379 g/mol. The Kier molecular flexibility index (Phi) is 3.78. The summed E-state index contributed by atoms with van der Waals surface area (Å²) in [5, 5.41) is 2.69. The van der Waals surface area contributed by atoms with Crippen LogP contribution in [0.1, 0.15) is 56.6 Å². The van der Waals surface area contributed by atoms with Gasteiger partial charge >= 0.3 is 6.18 Å². The van der Waals surface area contributed by atoms with Crippen LogP contribution in [-0.4, -0.2) is 5.91 Å². The molecule has 4 rings (SSSR count). The lowest BCUT2D eigenvalue weighted by Crippen LogP contribution is -2.24. The van der Waals surface area contributed by atoms with Gasteiger partial charge in [0.25, 0.3) is 5.91 Å². The highest BCUT2D eigenvalue weighted by molar-refractivity contribution is 7.14. The minimum Gasteiger partial charge on any atom is -0.347 e. The molecule has 1 heterocycles. The fourth-order valence-corrected chi connectivity index (χ4v) is 5.67. The number of rotatable bonds is 3. The number of amides is 1. The van der Waals surface area contributed by atoms with Crippen LogP contribution in [0.25, 0.3) is 0 Å². The van der Waals surface area contributed by atoms with E-state index in [1.807, 2.05) is 6.92 Å².